The Hall–Kier alpha value is -0.890. The largest absolute Gasteiger partial charge is 0.307 e. The van der Waals surface area contributed by atoms with Gasteiger partial charge in [-0.3, -0.25) is 4.98 Å². The molecular weight excluding hydrogens is 208 g/mol. The van der Waals surface area contributed by atoms with Gasteiger partial charge < -0.3 is 5.32 Å². The highest BCUT2D eigenvalue weighted by atomic mass is 15.0. The first kappa shape index (κ1) is 12.6. The van der Waals surface area contributed by atoms with Crippen LogP contribution < -0.4 is 5.32 Å². The lowest BCUT2D eigenvalue weighted by Gasteiger charge is -2.23. The molecule has 2 heteroatoms. The van der Waals surface area contributed by atoms with Crippen molar-refractivity contribution in [2.24, 2.45) is 11.3 Å². The van der Waals surface area contributed by atoms with E-state index in [1.807, 2.05) is 12.4 Å². The van der Waals surface area contributed by atoms with Gasteiger partial charge in [-0.25, -0.2) is 0 Å². The van der Waals surface area contributed by atoms with Crippen molar-refractivity contribution in [2.45, 2.75) is 52.6 Å². The van der Waals surface area contributed by atoms with E-state index >= 15 is 0 Å². The van der Waals surface area contributed by atoms with Crippen molar-refractivity contribution in [2.75, 3.05) is 0 Å². The van der Waals surface area contributed by atoms with E-state index in [4.69, 9.17) is 0 Å². The summed E-state index contributed by atoms with van der Waals surface area (Å²) in [4.78, 5) is 4.07. The van der Waals surface area contributed by atoms with Crippen molar-refractivity contribution in [3.05, 3.63) is 30.1 Å². The summed E-state index contributed by atoms with van der Waals surface area (Å²) >= 11 is 0. The molecule has 17 heavy (non-hydrogen) atoms. The summed E-state index contributed by atoms with van der Waals surface area (Å²) in [6, 6.07) is 5.26. The van der Waals surface area contributed by atoms with Gasteiger partial charge in [-0.05, 0) is 48.8 Å². The third-order valence-corrected chi connectivity index (χ3v) is 4.00. The minimum Gasteiger partial charge on any atom is -0.307 e. The van der Waals surface area contributed by atoms with Crippen LogP contribution >= 0.6 is 0 Å². The quantitative estimate of drug-likeness (QED) is 0.862. The van der Waals surface area contributed by atoms with Crippen LogP contribution in [0, 0.1) is 11.3 Å². The molecule has 1 aromatic rings. The van der Waals surface area contributed by atoms with Gasteiger partial charge in [0.1, 0.15) is 0 Å². The van der Waals surface area contributed by atoms with Gasteiger partial charge >= 0.3 is 0 Å². The number of pyridine rings is 1. The number of rotatable bonds is 3. The van der Waals surface area contributed by atoms with Gasteiger partial charge in [-0.15, -0.1) is 0 Å². The second kappa shape index (κ2) is 4.77. The molecule has 0 amide bonds. The fourth-order valence-corrected chi connectivity index (χ4v) is 3.19. The van der Waals surface area contributed by atoms with Crippen molar-refractivity contribution < 1.29 is 0 Å². The predicted octanol–water partition coefficient (Wildman–Crippen LogP) is 3.56. The van der Waals surface area contributed by atoms with E-state index in [9.17, 15) is 0 Å². The zero-order valence-electron chi connectivity index (χ0n) is 11.4. The maximum Gasteiger partial charge on any atom is 0.0295 e. The predicted molar refractivity (Wildman–Crippen MR) is 71.8 cm³/mol. The Morgan fingerprint density at radius 2 is 1.94 bits per heavy atom. The highest BCUT2D eigenvalue weighted by Crippen LogP contribution is 2.41. The van der Waals surface area contributed by atoms with E-state index in [1.54, 1.807) is 0 Å². The summed E-state index contributed by atoms with van der Waals surface area (Å²) in [5.74, 6) is 0.772. The fraction of sp³-hybridized carbons (Fsp3) is 0.667. The van der Waals surface area contributed by atoms with Gasteiger partial charge in [0.05, 0.1) is 0 Å². The van der Waals surface area contributed by atoms with Gasteiger partial charge in [0.25, 0.3) is 0 Å². The molecule has 0 saturated heterocycles. The van der Waals surface area contributed by atoms with E-state index < -0.39 is 0 Å². The van der Waals surface area contributed by atoms with Gasteiger partial charge in [-0.2, -0.15) is 0 Å². The van der Waals surface area contributed by atoms with E-state index in [0.717, 1.165) is 5.92 Å². The lowest BCUT2D eigenvalue weighted by atomic mass is 9.91. The van der Waals surface area contributed by atoms with Crippen LogP contribution in [-0.4, -0.2) is 11.0 Å². The number of aromatic nitrogens is 1. The topological polar surface area (TPSA) is 24.9 Å². The molecule has 0 spiro atoms. The second-order valence-electron chi connectivity index (χ2n) is 6.33. The minimum atomic E-state index is 0.416. The maximum atomic E-state index is 4.07. The normalized spacial score (nSPS) is 29.2. The Labute approximate surface area is 105 Å². The fourth-order valence-electron chi connectivity index (χ4n) is 3.19. The smallest absolute Gasteiger partial charge is 0.0295 e. The van der Waals surface area contributed by atoms with Crippen LogP contribution in [0.25, 0.3) is 0 Å². The summed E-state index contributed by atoms with van der Waals surface area (Å²) in [7, 11) is 0. The molecule has 2 nitrogen and oxygen atoms in total. The highest BCUT2D eigenvalue weighted by molar-refractivity contribution is 5.14. The van der Waals surface area contributed by atoms with E-state index in [1.165, 1.54) is 18.4 Å². The summed E-state index contributed by atoms with van der Waals surface area (Å²) in [5.41, 5.74) is 1.83. The number of nitrogens with zero attached hydrogens (tertiary/aromatic N) is 1. The lowest BCUT2D eigenvalue weighted by molar-refractivity contribution is 0.356. The molecule has 0 radical (unpaired) electrons. The Morgan fingerprint density at radius 3 is 2.47 bits per heavy atom. The number of hydrogen-bond donors (Lipinski definition) is 1. The molecule has 94 valence electrons. The third kappa shape index (κ3) is 3.06. The lowest BCUT2D eigenvalue weighted by Crippen LogP contribution is -2.33. The average molecular weight is 232 g/mol. The van der Waals surface area contributed by atoms with Crippen molar-refractivity contribution >= 4 is 0 Å². The first-order chi connectivity index (χ1) is 7.98. The molecule has 1 heterocycles. The molecule has 2 rings (SSSR count). The van der Waals surface area contributed by atoms with Crippen LogP contribution in [0.3, 0.4) is 0 Å². The minimum absolute atomic E-state index is 0.416. The van der Waals surface area contributed by atoms with E-state index in [-0.39, 0.29) is 0 Å². The summed E-state index contributed by atoms with van der Waals surface area (Å²) in [6.45, 7) is 9.36. The summed E-state index contributed by atoms with van der Waals surface area (Å²) in [6.07, 6.45) is 6.35. The Balaban J connectivity index is 1.98. The van der Waals surface area contributed by atoms with E-state index in [0.29, 0.717) is 17.5 Å². The van der Waals surface area contributed by atoms with Gasteiger partial charge in [0.15, 0.2) is 0 Å². The molecule has 0 aromatic carbocycles. The molecule has 2 unspecified atom stereocenters. The van der Waals surface area contributed by atoms with Crippen LogP contribution in [0.15, 0.2) is 24.5 Å². The van der Waals surface area contributed by atoms with Crippen LogP contribution in [0.1, 0.15) is 52.1 Å². The zero-order chi connectivity index (χ0) is 12.5. The van der Waals surface area contributed by atoms with Crippen LogP contribution in [0.2, 0.25) is 0 Å². The third-order valence-electron chi connectivity index (χ3n) is 4.00. The molecule has 0 aliphatic heterocycles. The van der Waals surface area contributed by atoms with Gasteiger partial charge in [0, 0.05) is 24.5 Å². The molecule has 0 bridgehead atoms. The van der Waals surface area contributed by atoms with Crippen molar-refractivity contribution in [3.63, 3.8) is 0 Å². The van der Waals surface area contributed by atoms with Crippen LogP contribution in [0.5, 0.6) is 0 Å². The molecule has 1 N–H and O–H groups in total. The SMILES string of the molecule is CC1CC(C)(C)CC1N[C@H](C)c1ccncc1. The van der Waals surface area contributed by atoms with Crippen LogP contribution in [0.4, 0.5) is 0 Å². The standard InChI is InChI=1S/C15H24N2/c1-11-9-15(3,4)10-14(11)17-12(2)13-5-7-16-8-6-13/h5-8,11-12,14,17H,9-10H2,1-4H3/t11?,12-,14?/m1/s1. The average Bonchev–Trinajstić information content (AvgIpc) is 2.53. The molecule has 1 fully saturated rings. The second-order valence-corrected chi connectivity index (χ2v) is 6.33. The molecule has 1 aliphatic carbocycles. The van der Waals surface area contributed by atoms with Crippen molar-refractivity contribution in [1.82, 2.24) is 10.3 Å². The molecule has 3 atom stereocenters. The monoisotopic (exact) mass is 232 g/mol. The van der Waals surface area contributed by atoms with Gasteiger partial charge in [0.2, 0.25) is 0 Å². The number of nitrogens with one attached hydrogen (secondary N) is 1. The maximum absolute atomic E-state index is 4.07. The highest BCUT2D eigenvalue weighted by Gasteiger charge is 2.36. The molecular formula is C15H24N2. The number of hydrogen-bond acceptors (Lipinski definition) is 2. The first-order valence-corrected chi connectivity index (χ1v) is 6.64. The van der Waals surface area contributed by atoms with E-state index in [2.05, 4.69) is 50.1 Å². The zero-order valence-corrected chi connectivity index (χ0v) is 11.4. The Morgan fingerprint density at radius 1 is 1.29 bits per heavy atom. The summed E-state index contributed by atoms with van der Waals surface area (Å²) in [5, 5.41) is 3.77. The summed E-state index contributed by atoms with van der Waals surface area (Å²) < 4.78 is 0. The molecule has 1 aromatic heterocycles. The molecule has 1 saturated carbocycles. The Kier molecular flexibility index (Phi) is 3.53. The molecule has 1 aliphatic rings. The van der Waals surface area contributed by atoms with Crippen molar-refractivity contribution in [3.8, 4) is 0 Å². The Bertz CT molecular complexity index is 358. The van der Waals surface area contributed by atoms with Crippen LogP contribution in [-0.2, 0) is 0 Å². The van der Waals surface area contributed by atoms with Crippen molar-refractivity contribution in [1.29, 1.82) is 0 Å². The van der Waals surface area contributed by atoms with Gasteiger partial charge in [-0.1, -0.05) is 20.8 Å². The first-order valence-electron chi connectivity index (χ1n) is 6.64.